The fourth-order valence-electron chi connectivity index (χ4n) is 2.62. The van der Waals surface area contributed by atoms with Gasteiger partial charge >= 0.3 is 0 Å². The lowest BCUT2D eigenvalue weighted by Crippen LogP contribution is -2.42. The van der Waals surface area contributed by atoms with Gasteiger partial charge in [0.25, 0.3) is 0 Å². The molecule has 1 atom stereocenters. The van der Waals surface area contributed by atoms with E-state index in [1.165, 1.54) is 0 Å². The minimum absolute atomic E-state index is 0.0283. The highest BCUT2D eigenvalue weighted by Crippen LogP contribution is 2.06. The maximum Gasteiger partial charge on any atom is 0.220 e. The lowest BCUT2D eigenvalue weighted by Gasteiger charge is -2.17. The van der Waals surface area contributed by atoms with Gasteiger partial charge in [-0.2, -0.15) is 0 Å². The molecule has 0 aliphatic heterocycles. The van der Waals surface area contributed by atoms with Crippen LogP contribution in [0.15, 0.2) is 30.3 Å². The fourth-order valence-corrected chi connectivity index (χ4v) is 2.62. The maximum absolute atomic E-state index is 12.7. The number of carbonyl (C=O) groups excluding carboxylic acids is 2. The minimum atomic E-state index is -0.637. The third-order valence-corrected chi connectivity index (χ3v) is 4.43. The highest BCUT2D eigenvalue weighted by atomic mass is 16.2. The van der Waals surface area contributed by atoms with Gasteiger partial charge in [0.2, 0.25) is 5.91 Å². The topological polar surface area (TPSA) is 46.2 Å². The highest BCUT2D eigenvalue weighted by molar-refractivity contribution is 5.90. The molecule has 0 saturated heterocycles. The number of benzene rings is 1. The van der Waals surface area contributed by atoms with E-state index in [0.717, 1.165) is 18.4 Å². The van der Waals surface area contributed by atoms with Gasteiger partial charge in [-0.15, -0.1) is 0 Å². The summed E-state index contributed by atoms with van der Waals surface area (Å²) in [6.07, 6.45) is 2.45. The Bertz CT molecular complexity index is 1800. The number of nitrogens with one attached hydrogen (secondary N) is 1. The average molecular weight is 526 g/mol. The Kier molecular flexibility index (Phi) is 19.0. The van der Waals surface area contributed by atoms with Gasteiger partial charge in [-0.3, -0.25) is 9.59 Å². The van der Waals surface area contributed by atoms with Crippen molar-refractivity contribution in [3.63, 3.8) is 0 Å². The molecule has 0 fully saturated rings. The second kappa shape index (κ2) is 23.9. The molecule has 0 aromatic heterocycles. The van der Waals surface area contributed by atoms with E-state index in [1.807, 2.05) is 37.3 Å². The number of rotatable bonds is 8. The van der Waals surface area contributed by atoms with Crippen LogP contribution < -0.4 is 5.32 Å². The summed E-state index contributed by atoms with van der Waals surface area (Å²) in [5.74, 6) is 55.6. The molecule has 1 aromatic carbocycles. The first-order chi connectivity index (χ1) is 20.2. The number of amides is 1. The van der Waals surface area contributed by atoms with Crippen molar-refractivity contribution in [2.45, 2.75) is 52.0 Å². The van der Waals surface area contributed by atoms with Gasteiger partial charge in [0.1, 0.15) is 0 Å². The van der Waals surface area contributed by atoms with Crippen molar-refractivity contribution < 1.29 is 9.59 Å². The molecule has 1 N–H and O–H groups in total. The van der Waals surface area contributed by atoms with Crippen LogP contribution in [0, 0.1) is 130 Å². The molecule has 3 nitrogen and oxygen atoms in total. The van der Waals surface area contributed by atoms with Crippen molar-refractivity contribution in [1.29, 1.82) is 0 Å². The van der Waals surface area contributed by atoms with Crippen LogP contribution in [0.25, 0.3) is 0 Å². The quantitative estimate of drug-likeness (QED) is 0.531. The summed E-state index contributed by atoms with van der Waals surface area (Å²) >= 11 is 0. The van der Waals surface area contributed by atoms with Crippen LogP contribution >= 0.6 is 0 Å². The van der Waals surface area contributed by atoms with Gasteiger partial charge in [0, 0.05) is 30.1 Å². The van der Waals surface area contributed by atoms with Crippen molar-refractivity contribution in [3.05, 3.63) is 35.9 Å². The van der Waals surface area contributed by atoms with E-state index >= 15 is 0 Å². The molecule has 0 heterocycles. The Balaban J connectivity index is 2.57. The Morgan fingerprint density at radius 1 is 0.659 bits per heavy atom. The standard InChI is InChI=1S/C38H23NO2/c1-3-5-7-8-9-10-11-12-13-14-15-16-17-18-19-20-21-22-23-24-25-29-32-37(40)36(39-38(41)33-6-4-2)34-35-30-27-26-28-31-35/h26-28,30-31,36H,4,6,32-34H2,1-2H3,(H,39,41). The van der Waals surface area contributed by atoms with E-state index in [2.05, 4.69) is 136 Å². The van der Waals surface area contributed by atoms with Crippen LogP contribution in [0.1, 0.15) is 45.1 Å². The number of hydrogen-bond acceptors (Lipinski definition) is 2. The van der Waals surface area contributed by atoms with Gasteiger partial charge < -0.3 is 5.32 Å². The second-order valence-corrected chi connectivity index (χ2v) is 7.48. The normalized spacial score (nSPS) is 7.66. The van der Waals surface area contributed by atoms with Crippen LogP contribution in [0.5, 0.6) is 0 Å². The first kappa shape index (κ1) is 32.5. The fraction of sp³-hybridized carbons (Fsp3) is 0.211. The van der Waals surface area contributed by atoms with Crippen molar-refractivity contribution in [2.24, 2.45) is 0 Å². The van der Waals surface area contributed by atoms with Gasteiger partial charge in [-0.25, -0.2) is 0 Å². The van der Waals surface area contributed by atoms with Crippen LogP contribution in [-0.2, 0) is 16.0 Å². The Morgan fingerprint density at radius 2 is 1.10 bits per heavy atom. The molecule has 192 valence electrons. The van der Waals surface area contributed by atoms with Gasteiger partial charge in [0.15, 0.2) is 5.78 Å². The zero-order chi connectivity index (χ0) is 29.6. The lowest BCUT2D eigenvalue weighted by atomic mass is 10.0. The van der Waals surface area contributed by atoms with E-state index in [0.29, 0.717) is 12.8 Å². The monoisotopic (exact) mass is 525 g/mol. The number of carbonyl (C=O) groups is 2. The predicted molar refractivity (Wildman–Crippen MR) is 162 cm³/mol. The molecule has 0 aliphatic carbocycles. The average Bonchev–Trinajstić information content (AvgIpc) is 2.98. The summed E-state index contributed by atoms with van der Waals surface area (Å²) < 4.78 is 0. The van der Waals surface area contributed by atoms with E-state index in [-0.39, 0.29) is 18.1 Å². The van der Waals surface area contributed by atoms with Crippen LogP contribution in [-0.4, -0.2) is 17.7 Å². The molecule has 1 amide bonds. The minimum Gasteiger partial charge on any atom is -0.346 e. The molecular weight excluding hydrogens is 502 g/mol. The van der Waals surface area contributed by atoms with Crippen LogP contribution in [0.3, 0.4) is 0 Å². The Labute approximate surface area is 244 Å². The lowest BCUT2D eigenvalue weighted by molar-refractivity contribution is -0.127. The molecule has 3 heteroatoms. The molecule has 1 aromatic rings. The van der Waals surface area contributed by atoms with Crippen molar-refractivity contribution in [1.82, 2.24) is 5.32 Å². The first-order valence-electron chi connectivity index (χ1n) is 12.4. The summed E-state index contributed by atoms with van der Waals surface area (Å²) in [6, 6.07) is 8.90. The molecule has 0 radical (unpaired) electrons. The second-order valence-electron chi connectivity index (χ2n) is 7.48. The molecule has 41 heavy (non-hydrogen) atoms. The molecule has 0 aliphatic rings. The van der Waals surface area contributed by atoms with E-state index in [9.17, 15) is 9.59 Å². The van der Waals surface area contributed by atoms with Crippen molar-refractivity contribution in [2.75, 3.05) is 0 Å². The van der Waals surface area contributed by atoms with Gasteiger partial charge in [-0.1, -0.05) is 55.5 Å². The van der Waals surface area contributed by atoms with Crippen molar-refractivity contribution in [3.8, 4) is 130 Å². The zero-order valence-electron chi connectivity index (χ0n) is 22.8. The summed E-state index contributed by atoms with van der Waals surface area (Å²) in [4.78, 5) is 24.9. The molecular formula is C38H23NO2. The molecule has 0 saturated carbocycles. The molecule has 1 rings (SSSR count). The molecule has 0 spiro atoms. The Hall–Kier alpha value is -6.48. The summed E-state index contributed by atoms with van der Waals surface area (Å²) in [5, 5.41) is 2.84. The van der Waals surface area contributed by atoms with E-state index < -0.39 is 6.04 Å². The van der Waals surface area contributed by atoms with Gasteiger partial charge in [-0.05, 0) is 120 Å². The maximum atomic E-state index is 12.7. The van der Waals surface area contributed by atoms with E-state index in [4.69, 9.17) is 0 Å². The number of hydrogen-bond donors (Lipinski definition) is 1. The Morgan fingerprint density at radius 3 is 1.54 bits per heavy atom. The number of ketones is 1. The molecule has 0 bridgehead atoms. The first-order valence-corrected chi connectivity index (χ1v) is 12.4. The van der Waals surface area contributed by atoms with Gasteiger partial charge in [0.05, 0.1) is 12.5 Å². The number of unbranched alkanes of at least 4 members (excludes halogenated alkanes) is 1. The van der Waals surface area contributed by atoms with E-state index in [1.54, 1.807) is 6.92 Å². The zero-order valence-corrected chi connectivity index (χ0v) is 22.8. The highest BCUT2D eigenvalue weighted by Gasteiger charge is 2.20. The summed E-state index contributed by atoms with van der Waals surface area (Å²) in [5.41, 5.74) is 0.962. The molecule has 1 unspecified atom stereocenters. The van der Waals surface area contributed by atoms with Crippen molar-refractivity contribution >= 4 is 11.7 Å². The SMILES string of the molecule is CC#CC#CC#CC#CC#CC#CC#CC#CC#CC#CC#CCC(=O)C(Cc1ccccc1)NC(=O)CCCC. The van der Waals surface area contributed by atoms with Crippen LogP contribution in [0.2, 0.25) is 0 Å². The number of Topliss-reactive ketones (excluding diaryl/α,β-unsaturated/α-hetero) is 1. The largest absolute Gasteiger partial charge is 0.346 e. The third kappa shape index (κ3) is 19.3. The smallest absolute Gasteiger partial charge is 0.220 e. The van der Waals surface area contributed by atoms with Crippen LogP contribution in [0.4, 0.5) is 0 Å². The predicted octanol–water partition coefficient (Wildman–Crippen LogP) is 2.92. The summed E-state index contributed by atoms with van der Waals surface area (Å²) in [6.45, 7) is 3.70. The third-order valence-electron chi connectivity index (χ3n) is 4.43. The summed E-state index contributed by atoms with van der Waals surface area (Å²) in [7, 11) is 0.